The van der Waals surface area contributed by atoms with Crippen LogP contribution in [0.1, 0.15) is 56.3 Å². The fraction of sp³-hybridized carbons (Fsp3) is 0.636. The van der Waals surface area contributed by atoms with Gasteiger partial charge in [0.1, 0.15) is 0 Å². The summed E-state index contributed by atoms with van der Waals surface area (Å²) in [6.07, 6.45) is 6.49. The molecule has 4 fully saturated rings. The molecular weight excluding hydrogens is 338 g/mol. The van der Waals surface area contributed by atoms with Crippen molar-refractivity contribution in [3.05, 3.63) is 29.8 Å². The Hall–Kier alpha value is -2.04. The summed E-state index contributed by atoms with van der Waals surface area (Å²) < 4.78 is 0. The van der Waals surface area contributed by atoms with E-state index in [9.17, 15) is 9.59 Å². The predicted octanol–water partition coefficient (Wildman–Crippen LogP) is 4.02. The zero-order chi connectivity index (χ0) is 19.0. The molecule has 0 atom stereocenters. The van der Waals surface area contributed by atoms with E-state index < -0.39 is 0 Å². The third-order valence-electron chi connectivity index (χ3n) is 6.62. The molecule has 5 heteroatoms. The maximum Gasteiger partial charge on any atom is 0.319 e. The standard InChI is InChI=1S/C22H31N3O2/c1-13(2)12-23-21(26)18-5-3-4-6-19(18)24-22(27)25-20-16-8-14-7-15(10-16)11-17(20)9-14/h3-6,13-17,20H,7-12H2,1-2H3,(H,23,26)(H2,24,25,27). The van der Waals surface area contributed by atoms with Gasteiger partial charge in [0.2, 0.25) is 0 Å². The van der Waals surface area contributed by atoms with E-state index in [0.29, 0.717) is 41.6 Å². The number of hydrogen-bond donors (Lipinski definition) is 3. The lowest BCUT2D eigenvalue weighted by molar-refractivity contribution is -0.00883. The quantitative estimate of drug-likeness (QED) is 0.734. The molecule has 1 aromatic carbocycles. The molecule has 5 rings (SSSR count). The first-order valence-corrected chi connectivity index (χ1v) is 10.4. The van der Waals surface area contributed by atoms with E-state index in [2.05, 4.69) is 29.8 Å². The number of para-hydroxylation sites is 1. The fourth-order valence-electron chi connectivity index (χ4n) is 5.65. The number of anilines is 1. The van der Waals surface area contributed by atoms with Gasteiger partial charge in [0.05, 0.1) is 11.3 Å². The molecule has 146 valence electrons. The second-order valence-corrected chi connectivity index (χ2v) is 9.20. The third kappa shape index (κ3) is 3.97. The summed E-state index contributed by atoms with van der Waals surface area (Å²) in [4.78, 5) is 25.2. The van der Waals surface area contributed by atoms with Crippen LogP contribution in [-0.4, -0.2) is 24.5 Å². The van der Waals surface area contributed by atoms with E-state index in [1.165, 1.54) is 32.1 Å². The number of benzene rings is 1. The lowest BCUT2D eigenvalue weighted by Crippen LogP contribution is -2.56. The minimum Gasteiger partial charge on any atom is -0.352 e. The molecule has 3 amide bonds. The van der Waals surface area contributed by atoms with E-state index >= 15 is 0 Å². The van der Waals surface area contributed by atoms with Crippen LogP contribution in [0, 0.1) is 29.6 Å². The van der Waals surface area contributed by atoms with Crippen molar-refractivity contribution in [2.45, 2.75) is 52.0 Å². The lowest BCUT2D eigenvalue weighted by atomic mass is 9.54. The van der Waals surface area contributed by atoms with Crippen LogP contribution in [-0.2, 0) is 0 Å². The Morgan fingerprint density at radius 2 is 1.63 bits per heavy atom. The van der Waals surface area contributed by atoms with Gasteiger partial charge in [-0.05, 0) is 73.8 Å². The predicted molar refractivity (Wildman–Crippen MR) is 107 cm³/mol. The Kier molecular flexibility index (Phi) is 5.11. The van der Waals surface area contributed by atoms with Crippen LogP contribution in [0.5, 0.6) is 0 Å². The van der Waals surface area contributed by atoms with Gasteiger partial charge in [0.25, 0.3) is 5.91 Å². The van der Waals surface area contributed by atoms with Gasteiger partial charge in [-0.3, -0.25) is 4.79 Å². The average molecular weight is 370 g/mol. The van der Waals surface area contributed by atoms with Crippen molar-refractivity contribution in [2.75, 3.05) is 11.9 Å². The smallest absolute Gasteiger partial charge is 0.319 e. The largest absolute Gasteiger partial charge is 0.352 e. The second-order valence-electron chi connectivity index (χ2n) is 9.20. The highest BCUT2D eigenvalue weighted by Crippen LogP contribution is 2.53. The van der Waals surface area contributed by atoms with Gasteiger partial charge in [-0.15, -0.1) is 0 Å². The summed E-state index contributed by atoms with van der Waals surface area (Å²) in [5.74, 6) is 3.29. The molecule has 4 bridgehead atoms. The Morgan fingerprint density at radius 1 is 1.00 bits per heavy atom. The molecule has 0 aliphatic heterocycles. The van der Waals surface area contributed by atoms with Crippen LogP contribution < -0.4 is 16.0 Å². The van der Waals surface area contributed by atoms with Gasteiger partial charge in [0.15, 0.2) is 0 Å². The van der Waals surface area contributed by atoms with Crippen molar-refractivity contribution < 1.29 is 9.59 Å². The molecule has 4 aliphatic rings. The molecule has 4 aliphatic carbocycles. The second kappa shape index (κ2) is 7.53. The SMILES string of the molecule is CC(C)CNC(=O)c1ccccc1NC(=O)NC1C2CC3CC(C2)CC1C3. The molecule has 0 spiro atoms. The van der Waals surface area contributed by atoms with Crippen molar-refractivity contribution in [1.82, 2.24) is 10.6 Å². The maximum atomic E-state index is 12.7. The number of carbonyl (C=O) groups excluding carboxylic acids is 2. The zero-order valence-corrected chi connectivity index (χ0v) is 16.3. The molecule has 0 heterocycles. The van der Waals surface area contributed by atoms with Crippen LogP contribution >= 0.6 is 0 Å². The molecular formula is C22H31N3O2. The van der Waals surface area contributed by atoms with Gasteiger partial charge in [0, 0.05) is 12.6 Å². The number of carbonyl (C=O) groups is 2. The molecule has 4 saturated carbocycles. The van der Waals surface area contributed by atoms with Crippen molar-refractivity contribution in [3.8, 4) is 0 Å². The summed E-state index contributed by atoms with van der Waals surface area (Å²) in [5, 5.41) is 9.10. The number of rotatable bonds is 5. The van der Waals surface area contributed by atoms with Gasteiger partial charge in [-0.1, -0.05) is 26.0 Å². The first-order valence-electron chi connectivity index (χ1n) is 10.4. The molecule has 3 N–H and O–H groups in total. The molecule has 0 unspecified atom stereocenters. The summed E-state index contributed by atoms with van der Waals surface area (Å²) in [7, 11) is 0. The van der Waals surface area contributed by atoms with Gasteiger partial charge >= 0.3 is 6.03 Å². The van der Waals surface area contributed by atoms with Crippen molar-refractivity contribution in [2.24, 2.45) is 29.6 Å². The fourth-order valence-corrected chi connectivity index (χ4v) is 5.65. The third-order valence-corrected chi connectivity index (χ3v) is 6.62. The Bertz CT molecular complexity index is 687. The van der Waals surface area contributed by atoms with Crippen LogP contribution in [0.15, 0.2) is 24.3 Å². The molecule has 0 saturated heterocycles. The van der Waals surface area contributed by atoms with Gasteiger partial charge in [-0.25, -0.2) is 4.79 Å². The first kappa shape index (κ1) is 18.3. The number of hydrogen-bond acceptors (Lipinski definition) is 2. The van der Waals surface area contributed by atoms with Crippen LogP contribution in [0.4, 0.5) is 10.5 Å². The normalized spacial score (nSPS) is 31.0. The monoisotopic (exact) mass is 369 g/mol. The van der Waals surface area contributed by atoms with Gasteiger partial charge in [-0.2, -0.15) is 0 Å². The highest BCUT2D eigenvalue weighted by molar-refractivity contribution is 6.03. The zero-order valence-electron chi connectivity index (χ0n) is 16.3. The van der Waals surface area contributed by atoms with Crippen molar-refractivity contribution in [1.29, 1.82) is 0 Å². The van der Waals surface area contributed by atoms with E-state index in [0.717, 1.165) is 11.8 Å². The van der Waals surface area contributed by atoms with Crippen LogP contribution in [0.3, 0.4) is 0 Å². The van der Waals surface area contributed by atoms with E-state index in [-0.39, 0.29) is 11.9 Å². The highest BCUT2D eigenvalue weighted by atomic mass is 16.2. The Balaban J connectivity index is 1.39. The number of amides is 3. The summed E-state index contributed by atoms with van der Waals surface area (Å²) in [5.41, 5.74) is 1.08. The lowest BCUT2D eigenvalue weighted by Gasteiger charge is -2.54. The van der Waals surface area contributed by atoms with Crippen molar-refractivity contribution in [3.63, 3.8) is 0 Å². The summed E-state index contributed by atoms with van der Waals surface area (Å²) in [6, 6.07) is 7.33. The topological polar surface area (TPSA) is 70.2 Å². The Labute approximate surface area is 161 Å². The highest BCUT2D eigenvalue weighted by Gasteiger charge is 2.48. The van der Waals surface area contributed by atoms with Crippen LogP contribution in [0.2, 0.25) is 0 Å². The average Bonchev–Trinajstić information content (AvgIpc) is 2.62. The maximum absolute atomic E-state index is 12.7. The minimum absolute atomic E-state index is 0.144. The van der Waals surface area contributed by atoms with E-state index in [1.807, 2.05) is 12.1 Å². The molecule has 27 heavy (non-hydrogen) atoms. The number of nitrogens with one attached hydrogen (secondary N) is 3. The molecule has 0 aromatic heterocycles. The number of urea groups is 1. The Morgan fingerprint density at radius 3 is 2.26 bits per heavy atom. The summed E-state index contributed by atoms with van der Waals surface area (Å²) in [6.45, 7) is 4.74. The van der Waals surface area contributed by atoms with Crippen LogP contribution in [0.25, 0.3) is 0 Å². The molecule has 0 radical (unpaired) electrons. The minimum atomic E-state index is -0.184. The molecule has 1 aromatic rings. The van der Waals surface area contributed by atoms with Gasteiger partial charge < -0.3 is 16.0 Å². The first-order chi connectivity index (χ1) is 13.0. The molecule has 5 nitrogen and oxygen atoms in total. The van der Waals surface area contributed by atoms with E-state index in [4.69, 9.17) is 0 Å². The van der Waals surface area contributed by atoms with Crippen molar-refractivity contribution >= 4 is 17.6 Å². The van der Waals surface area contributed by atoms with E-state index in [1.54, 1.807) is 12.1 Å². The summed E-state index contributed by atoms with van der Waals surface area (Å²) >= 11 is 0.